The molecule has 0 saturated heterocycles. The first kappa shape index (κ1) is 23.7. The van der Waals surface area contributed by atoms with E-state index < -0.39 is 6.04 Å². The lowest BCUT2D eigenvalue weighted by molar-refractivity contribution is -0.143. The van der Waals surface area contributed by atoms with Gasteiger partial charge in [0.1, 0.15) is 11.8 Å². The zero-order chi connectivity index (χ0) is 22.1. The van der Waals surface area contributed by atoms with Gasteiger partial charge in [-0.1, -0.05) is 49.7 Å². The summed E-state index contributed by atoms with van der Waals surface area (Å²) < 4.78 is 5.83. The second-order valence-corrected chi connectivity index (χ2v) is 7.86. The van der Waals surface area contributed by atoms with Crippen molar-refractivity contribution in [2.75, 3.05) is 13.2 Å². The lowest BCUT2D eigenvalue weighted by atomic mass is 10.1. The summed E-state index contributed by atoms with van der Waals surface area (Å²) in [6, 6.07) is 12.6. The number of amides is 2. The van der Waals surface area contributed by atoms with Crippen LogP contribution in [0.1, 0.15) is 43.4 Å². The first-order chi connectivity index (χ1) is 14.3. The van der Waals surface area contributed by atoms with Crippen molar-refractivity contribution in [3.63, 3.8) is 0 Å². The summed E-state index contributed by atoms with van der Waals surface area (Å²) in [7, 11) is 0. The van der Waals surface area contributed by atoms with Crippen molar-refractivity contribution in [1.29, 1.82) is 0 Å². The molecule has 2 aromatic carbocycles. The number of nitrogens with one attached hydrogen (secondary N) is 1. The minimum absolute atomic E-state index is 0.130. The Hall–Kier alpha value is -2.53. The minimum atomic E-state index is -0.568. The number of rotatable bonds is 10. The van der Waals surface area contributed by atoms with Crippen molar-refractivity contribution in [3.8, 4) is 5.75 Å². The number of hydrogen-bond acceptors (Lipinski definition) is 3. The number of nitrogens with zero attached hydrogens (tertiary/aromatic N) is 1. The number of carbonyl (C=O) groups excluding carboxylic acids is 2. The van der Waals surface area contributed by atoms with Crippen molar-refractivity contribution in [1.82, 2.24) is 10.2 Å². The third-order valence-corrected chi connectivity index (χ3v) is 5.15. The van der Waals surface area contributed by atoms with Crippen LogP contribution in [0.25, 0.3) is 0 Å². The predicted molar refractivity (Wildman–Crippen MR) is 121 cm³/mol. The quantitative estimate of drug-likeness (QED) is 0.595. The molecule has 0 fully saturated rings. The molecule has 0 radical (unpaired) electrons. The lowest BCUT2D eigenvalue weighted by Crippen LogP contribution is -2.50. The Labute approximate surface area is 184 Å². The van der Waals surface area contributed by atoms with Gasteiger partial charge >= 0.3 is 0 Å². The third-order valence-electron chi connectivity index (χ3n) is 4.90. The molecule has 162 valence electrons. The second-order valence-electron chi connectivity index (χ2n) is 7.42. The van der Waals surface area contributed by atoms with Crippen molar-refractivity contribution >= 4 is 23.4 Å². The normalized spacial score (nSPS) is 11.6. The molecular formula is C24H31ClN2O3. The van der Waals surface area contributed by atoms with Crippen LogP contribution in [0.5, 0.6) is 5.75 Å². The standard InChI is InChI=1S/C24H31ClN2O3/c1-5-13-26-24(29)21(6-2)27(15-19-9-11-20(25)12-10-19)23(28)16-30-22-14-17(3)7-8-18(22)4/h7-12,14,21H,5-6,13,15-16H2,1-4H3,(H,26,29)/t21-/m1/s1. The average molecular weight is 431 g/mol. The zero-order valence-electron chi connectivity index (χ0n) is 18.2. The molecule has 0 aromatic heterocycles. The van der Waals surface area contributed by atoms with Crippen LogP contribution in [0.4, 0.5) is 0 Å². The van der Waals surface area contributed by atoms with Gasteiger partial charge in [0, 0.05) is 18.1 Å². The Morgan fingerprint density at radius 2 is 1.80 bits per heavy atom. The van der Waals surface area contributed by atoms with Crippen LogP contribution in [0.15, 0.2) is 42.5 Å². The zero-order valence-corrected chi connectivity index (χ0v) is 19.0. The Bertz CT molecular complexity index is 852. The van der Waals surface area contributed by atoms with Crippen LogP contribution < -0.4 is 10.1 Å². The summed E-state index contributed by atoms with van der Waals surface area (Å²) >= 11 is 5.99. The Balaban J connectivity index is 2.21. The molecule has 1 atom stereocenters. The average Bonchev–Trinajstić information content (AvgIpc) is 2.73. The maximum Gasteiger partial charge on any atom is 0.261 e. The van der Waals surface area contributed by atoms with E-state index in [0.717, 1.165) is 23.1 Å². The highest BCUT2D eigenvalue weighted by Crippen LogP contribution is 2.20. The Kier molecular flexibility index (Phi) is 9.18. The number of halogens is 1. The van der Waals surface area contributed by atoms with Gasteiger partial charge in [-0.3, -0.25) is 9.59 Å². The number of benzene rings is 2. The number of hydrogen-bond donors (Lipinski definition) is 1. The van der Waals surface area contributed by atoms with Crippen LogP contribution >= 0.6 is 11.6 Å². The third kappa shape index (κ3) is 6.77. The molecule has 1 N–H and O–H groups in total. The van der Waals surface area contributed by atoms with Crippen LogP contribution in [-0.4, -0.2) is 35.9 Å². The number of aryl methyl sites for hydroxylation is 2. The summed E-state index contributed by atoms with van der Waals surface area (Å²) in [5.41, 5.74) is 2.93. The van der Waals surface area contributed by atoms with Crippen molar-refractivity contribution in [2.24, 2.45) is 0 Å². The largest absolute Gasteiger partial charge is 0.483 e. The molecule has 2 rings (SSSR count). The first-order valence-corrected chi connectivity index (χ1v) is 10.7. The van der Waals surface area contributed by atoms with Gasteiger partial charge in [-0.25, -0.2) is 0 Å². The van der Waals surface area contributed by atoms with Gasteiger partial charge in [-0.2, -0.15) is 0 Å². The van der Waals surface area contributed by atoms with Gasteiger partial charge in [-0.15, -0.1) is 0 Å². The van der Waals surface area contributed by atoms with Crippen molar-refractivity contribution in [2.45, 2.75) is 53.1 Å². The van der Waals surface area contributed by atoms with Gasteiger partial charge in [0.2, 0.25) is 5.91 Å². The molecule has 0 saturated carbocycles. The summed E-state index contributed by atoms with van der Waals surface area (Å²) in [6.07, 6.45) is 1.35. The molecule has 0 spiro atoms. The van der Waals surface area contributed by atoms with E-state index >= 15 is 0 Å². The molecule has 0 heterocycles. The van der Waals surface area contributed by atoms with Gasteiger partial charge in [0.05, 0.1) is 0 Å². The topological polar surface area (TPSA) is 58.6 Å². The van der Waals surface area contributed by atoms with Crippen LogP contribution in [0, 0.1) is 13.8 Å². The molecule has 0 aliphatic rings. The van der Waals surface area contributed by atoms with E-state index in [0.29, 0.717) is 30.3 Å². The van der Waals surface area contributed by atoms with E-state index in [4.69, 9.17) is 16.3 Å². The molecule has 30 heavy (non-hydrogen) atoms. The molecule has 0 unspecified atom stereocenters. The smallest absolute Gasteiger partial charge is 0.261 e. The summed E-state index contributed by atoms with van der Waals surface area (Å²) in [4.78, 5) is 27.5. The fourth-order valence-electron chi connectivity index (χ4n) is 3.16. The maximum absolute atomic E-state index is 13.2. The fourth-order valence-corrected chi connectivity index (χ4v) is 3.28. The summed E-state index contributed by atoms with van der Waals surface area (Å²) in [6.45, 7) is 8.58. The van der Waals surface area contributed by atoms with E-state index in [1.165, 1.54) is 0 Å². The van der Waals surface area contributed by atoms with Gasteiger partial charge < -0.3 is 15.0 Å². The van der Waals surface area contributed by atoms with Crippen LogP contribution in [0.3, 0.4) is 0 Å². The Morgan fingerprint density at radius 1 is 1.10 bits per heavy atom. The molecule has 2 amide bonds. The van der Waals surface area contributed by atoms with Crippen LogP contribution in [-0.2, 0) is 16.1 Å². The van der Waals surface area contributed by atoms with E-state index in [-0.39, 0.29) is 18.4 Å². The highest BCUT2D eigenvalue weighted by molar-refractivity contribution is 6.30. The monoisotopic (exact) mass is 430 g/mol. The van der Waals surface area contributed by atoms with Gasteiger partial charge in [0.15, 0.2) is 6.61 Å². The van der Waals surface area contributed by atoms with E-state index in [2.05, 4.69) is 5.32 Å². The summed E-state index contributed by atoms with van der Waals surface area (Å²) in [5, 5.41) is 3.54. The Morgan fingerprint density at radius 3 is 2.43 bits per heavy atom. The SMILES string of the molecule is CCCNC(=O)[C@@H](CC)N(Cc1ccc(Cl)cc1)C(=O)COc1cc(C)ccc1C. The molecule has 0 aliphatic carbocycles. The van der Waals surface area contributed by atoms with E-state index in [1.54, 1.807) is 17.0 Å². The lowest BCUT2D eigenvalue weighted by Gasteiger charge is -2.30. The van der Waals surface area contributed by atoms with Crippen molar-refractivity contribution < 1.29 is 14.3 Å². The summed E-state index contributed by atoms with van der Waals surface area (Å²) in [5.74, 6) is 0.302. The highest BCUT2D eigenvalue weighted by atomic mass is 35.5. The molecule has 0 aliphatic heterocycles. The van der Waals surface area contributed by atoms with Gasteiger partial charge in [-0.05, 0) is 61.6 Å². The number of carbonyl (C=O) groups is 2. The minimum Gasteiger partial charge on any atom is -0.483 e. The molecule has 0 bridgehead atoms. The predicted octanol–water partition coefficient (Wildman–Crippen LogP) is 4.67. The van der Waals surface area contributed by atoms with Crippen molar-refractivity contribution in [3.05, 3.63) is 64.2 Å². The second kappa shape index (κ2) is 11.6. The maximum atomic E-state index is 13.2. The molecule has 5 nitrogen and oxygen atoms in total. The molecule has 6 heteroatoms. The first-order valence-electron chi connectivity index (χ1n) is 10.4. The molecular weight excluding hydrogens is 400 g/mol. The fraction of sp³-hybridized carbons (Fsp3) is 0.417. The van der Waals surface area contributed by atoms with E-state index in [1.807, 2.05) is 58.0 Å². The van der Waals surface area contributed by atoms with Gasteiger partial charge in [0.25, 0.3) is 5.91 Å². The highest BCUT2D eigenvalue weighted by Gasteiger charge is 2.28. The van der Waals surface area contributed by atoms with E-state index in [9.17, 15) is 9.59 Å². The van der Waals surface area contributed by atoms with Crippen LogP contribution in [0.2, 0.25) is 5.02 Å². The number of ether oxygens (including phenoxy) is 1. The molecule has 2 aromatic rings.